The van der Waals surface area contributed by atoms with Gasteiger partial charge in [-0.1, -0.05) is 6.92 Å². The Bertz CT molecular complexity index is 560. The Kier molecular flexibility index (Phi) is 3.55. The van der Waals surface area contributed by atoms with Crippen LogP contribution in [-0.4, -0.2) is 17.1 Å². The maximum absolute atomic E-state index is 11.1. The lowest BCUT2D eigenvalue weighted by molar-refractivity contribution is -0.121. The summed E-state index contributed by atoms with van der Waals surface area (Å²) in [6, 6.07) is 7.97. The maximum Gasteiger partial charge on any atom is 0.222 e. The van der Waals surface area contributed by atoms with Crippen molar-refractivity contribution in [3.8, 4) is 5.75 Å². The molecule has 0 aliphatic heterocycles. The second-order valence-electron chi connectivity index (χ2n) is 4.43. The predicted octanol–water partition coefficient (Wildman–Crippen LogP) is 2.16. The van der Waals surface area contributed by atoms with Crippen molar-refractivity contribution in [2.45, 2.75) is 20.4 Å². The van der Waals surface area contributed by atoms with E-state index in [9.17, 15) is 4.79 Å². The molecule has 0 saturated carbocycles. The number of nitrogens with zero attached hydrogens (tertiary/aromatic N) is 1. The number of aromatic nitrogens is 1. The van der Waals surface area contributed by atoms with Crippen molar-refractivity contribution in [3.05, 3.63) is 30.5 Å². The number of hydrogen-bond donors (Lipinski definition) is 1. The van der Waals surface area contributed by atoms with Gasteiger partial charge in [0.05, 0.1) is 12.5 Å². The zero-order valence-corrected chi connectivity index (χ0v) is 10.7. The van der Waals surface area contributed by atoms with Crippen LogP contribution in [0, 0.1) is 5.92 Å². The van der Waals surface area contributed by atoms with Gasteiger partial charge in [-0.2, -0.15) is 0 Å². The molecule has 1 amide bonds. The number of fused-ring (bicyclic) bond motifs is 1. The second-order valence-corrected chi connectivity index (χ2v) is 4.43. The largest absolute Gasteiger partial charge is 0.494 e. The Morgan fingerprint density at radius 3 is 2.89 bits per heavy atom. The summed E-state index contributed by atoms with van der Waals surface area (Å²) in [5.74, 6) is 0.417. The number of nitrogens with two attached hydrogens (primary N) is 1. The highest BCUT2D eigenvalue weighted by molar-refractivity contribution is 5.82. The van der Waals surface area contributed by atoms with Gasteiger partial charge in [-0.25, -0.2) is 0 Å². The van der Waals surface area contributed by atoms with Gasteiger partial charge in [0, 0.05) is 23.6 Å². The molecule has 0 radical (unpaired) electrons. The number of primary amides is 1. The van der Waals surface area contributed by atoms with Crippen LogP contribution in [0.3, 0.4) is 0 Å². The van der Waals surface area contributed by atoms with Gasteiger partial charge in [-0.3, -0.25) is 4.79 Å². The van der Waals surface area contributed by atoms with E-state index in [1.54, 1.807) is 0 Å². The molecule has 0 spiro atoms. The minimum atomic E-state index is -0.275. The lowest BCUT2D eigenvalue weighted by Crippen LogP contribution is -2.24. The van der Waals surface area contributed by atoms with Crippen LogP contribution in [0.5, 0.6) is 5.75 Å². The fraction of sp³-hybridized carbons (Fsp3) is 0.357. The lowest BCUT2D eigenvalue weighted by atomic mass is 10.1. The number of hydrogen-bond acceptors (Lipinski definition) is 2. The van der Waals surface area contributed by atoms with Gasteiger partial charge in [-0.05, 0) is 31.2 Å². The van der Waals surface area contributed by atoms with Gasteiger partial charge >= 0.3 is 0 Å². The normalized spacial score (nSPS) is 12.6. The zero-order chi connectivity index (χ0) is 13.1. The average Bonchev–Trinajstić information content (AvgIpc) is 2.72. The van der Waals surface area contributed by atoms with E-state index in [1.165, 1.54) is 0 Å². The molecule has 1 unspecified atom stereocenters. The van der Waals surface area contributed by atoms with Crippen molar-refractivity contribution in [3.63, 3.8) is 0 Å². The third kappa shape index (κ3) is 2.47. The average molecular weight is 246 g/mol. The Morgan fingerprint density at radius 1 is 1.44 bits per heavy atom. The summed E-state index contributed by atoms with van der Waals surface area (Å²) < 4.78 is 7.50. The molecule has 96 valence electrons. The summed E-state index contributed by atoms with van der Waals surface area (Å²) in [6.45, 7) is 5.06. The van der Waals surface area contributed by atoms with Crippen LogP contribution >= 0.6 is 0 Å². The second kappa shape index (κ2) is 5.12. The standard InChI is InChI=1S/C14H18N2O2/c1-3-18-12-4-5-13-11(8-12)6-7-16(13)9-10(2)14(15)17/h4-8,10H,3,9H2,1-2H3,(H2,15,17). The molecule has 2 aromatic rings. The quantitative estimate of drug-likeness (QED) is 0.879. The highest BCUT2D eigenvalue weighted by Crippen LogP contribution is 2.22. The number of rotatable bonds is 5. The smallest absolute Gasteiger partial charge is 0.222 e. The van der Waals surface area contributed by atoms with Crippen molar-refractivity contribution in [2.75, 3.05) is 6.61 Å². The fourth-order valence-electron chi connectivity index (χ4n) is 1.98. The minimum absolute atomic E-state index is 0.174. The van der Waals surface area contributed by atoms with Gasteiger partial charge in [-0.15, -0.1) is 0 Å². The third-order valence-corrected chi connectivity index (χ3v) is 3.01. The van der Waals surface area contributed by atoms with Crippen LogP contribution in [0.15, 0.2) is 30.5 Å². The van der Waals surface area contributed by atoms with E-state index in [1.807, 2.05) is 48.9 Å². The Hall–Kier alpha value is -1.97. The Balaban J connectivity index is 2.28. The highest BCUT2D eigenvalue weighted by Gasteiger charge is 2.11. The van der Waals surface area contributed by atoms with Gasteiger partial charge < -0.3 is 15.0 Å². The van der Waals surface area contributed by atoms with E-state index >= 15 is 0 Å². The molecule has 2 N–H and O–H groups in total. The van der Waals surface area contributed by atoms with Crippen LogP contribution in [-0.2, 0) is 11.3 Å². The molecule has 0 aliphatic carbocycles. The van der Waals surface area contributed by atoms with Crippen LogP contribution < -0.4 is 10.5 Å². The van der Waals surface area contributed by atoms with Crippen molar-refractivity contribution in [1.29, 1.82) is 0 Å². The molecule has 1 atom stereocenters. The molecule has 4 heteroatoms. The van der Waals surface area contributed by atoms with E-state index < -0.39 is 0 Å². The van der Waals surface area contributed by atoms with Crippen molar-refractivity contribution in [2.24, 2.45) is 11.7 Å². The first-order chi connectivity index (χ1) is 8.61. The van der Waals surface area contributed by atoms with E-state index in [0.717, 1.165) is 16.7 Å². The van der Waals surface area contributed by atoms with E-state index in [-0.39, 0.29) is 11.8 Å². The molecular weight excluding hydrogens is 228 g/mol. The van der Waals surface area contributed by atoms with Crippen LogP contribution in [0.25, 0.3) is 10.9 Å². The van der Waals surface area contributed by atoms with E-state index in [0.29, 0.717) is 13.2 Å². The molecule has 0 saturated heterocycles. The van der Waals surface area contributed by atoms with Crippen LogP contribution in [0.2, 0.25) is 0 Å². The van der Waals surface area contributed by atoms with Gasteiger partial charge in [0.25, 0.3) is 0 Å². The summed E-state index contributed by atoms with van der Waals surface area (Å²) in [5, 5.41) is 1.11. The highest BCUT2D eigenvalue weighted by atomic mass is 16.5. The molecular formula is C14H18N2O2. The summed E-state index contributed by atoms with van der Waals surface area (Å²) in [6.07, 6.45) is 1.97. The maximum atomic E-state index is 11.1. The third-order valence-electron chi connectivity index (χ3n) is 3.01. The molecule has 0 bridgehead atoms. The molecule has 18 heavy (non-hydrogen) atoms. The monoisotopic (exact) mass is 246 g/mol. The molecule has 1 heterocycles. The first kappa shape index (κ1) is 12.5. The number of ether oxygens (including phenoxy) is 1. The number of carbonyl (C=O) groups is 1. The summed E-state index contributed by atoms with van der Waals surface area (Å²) in [7, 11) is 0. The lowest BCUT2D eigenvalue weighted by Gasteiger charge is -2.10. The Labute approximate surface area is 106 Å². The van der Waals surface area contributed by atoms with Crippen molar-refractivity contribution >= 4 is 16.8 Å². The van der Waals surface area contributed by atoms with Crippen LogP contribution in [0.4, 0.5) is 0 Å². The number of carbonyl (C=O) groups excluding carboxylic acids is 1. The van der Waals surface area contributed by atoms with Gasteiger partial charge in [0.2, 0.25) is 5.91 Å². The summed E-state index contributed by atoms with van der Waals surface area (Å²) in [5.41, 5.74) is 6.38. The van der Waals surface area contributed by atoms with Gasteiger partial charge in [0.1, 0.15) is 5.75 Å². The zero-order valence-electron chi connectivity index (χ0n) is 10.7. The molecule has 1 aromatic carbocycles. The molecule has 2 rings (SSSR count). The Morgan fingerprint density at radius 2 is 2.22 bits per heavy atom. The summed E-state index contributed by atoms with van der Waals surface area (Å²) >= 11 is 0. The first-order valence-corrected chi connectivity index (χ1v) is 6.13. The van der Waals surface area contributed by atoms with E-state index in [2.05, 4.69) is 0 Å². The van der Waals surface area contributed by atoms with Crippen molar-refractivity contribution < 1.29 is 9.53 Å². The molecule has 0 aliphatic rings. The number of amides is 1. The molecule has 4 nitrogen and oxygen atoms in total. The first-order valence-electron chi connectivity index (χ1n) is 6.13. The van der Waals surface area contributed by atoms with E-state index in [4.69, 9.17) is 10.5 Å². The van der Waals surface area contributed by atoms with Gasteiger partial charge in [0.15, 0.2) is 0 Å². The topological polar surface area (TPSA) is 57.2 Å². The number of benzene rings is 1. The fourth-order valence-corrected chi connectivity index (χ4v) is 1.98. The minimum Gasteiger partial charge on any atom is -0.494 e. The van der Waals surface area contributed by atoms with Crippen LogP contribution in [0.1, 0.15) is 13.8 Å². The molecule has 0 fully saturated rings. The predicted molar refractivity (Wildman–Crippen MR) is 71.5 cm³/mol. The molecule has 1 aromatic heterocycles. The van der Waals surface area contributed by atoms with Crippen molar-refractivity contribution in [1.82, 2.24) is 4.57 Å². The summed E-state index contributed by atoms with van der Waals surface area (Å²) in [4.78, 5) is 11.1. The SMILES string of the molecule is CCOc1ccc2c(ccn2CC(C)C(N)=O)c1.